The Labute approximate surface area is 202 Å². The molecular formula is C26H26N2O4S2. The first-order valence-corrected chi connectivity index (χ1v) is 13.5. The van der Waals surface area contributed by atoms with Crippen LogP contribution in [0.4, 0.5) is 0 Å². The quantitative estimate of drug-likeness (QED) is 0.375. The van der Waals surface area contributed by atoms with Gasteiger partial charge >= 0.3 is 10.1 Å². The first-order valence-electron chi connectivity index (χ1n) is 11.3. The third kappa shape index (κ3) is 4.28. The summed E-state index contributed by atoms with van der Waals surface area (Å²) in [5, 5.41) is 0.713. The number of H-pyrrole nitrogens is 1. The van der Waals surface area contributed by atoms with Crippen LogP contribution in [0.15, 0.2) is 64.3 Å². The molecule has 6 nitrogen and oxygen atoms in total. The smallest absolute Gasteiger partial charge is 0.339 e. The minimum absolute atomic E-state index is 0.0888. The van der Waals surface area contributed by atoms with E-state index in [0.717, 1.165) is 29.7 Å². The summed E-state index contributed by atoms with van der Waals surface area (Å²) in [6.07, 6.45) is 2.97. The molecule has 1 unspecified atom stereocenters. The van der Waals surface area contributed by atoms with Crippen molar-refractivity contribution in [3.05, 3.63) is 75.4 Å². The largest absolute Gasteiger partial charge is 0.379 e. The maximum absolute atomic E-state index is 13.0. The van der Waals surface area contributed by atoms with Gasteiger partial charge in [0.05, 0.1) is 5.39 Å². The maximum Gasteiger partial charge on any atom is 0.339 e. The number of fused-ring (bicyclic) bond motifs is 3. The molecule has 8 heteroatoms. The van der Waals surface area contributed by atoms with Gasteiger partial charge in [-0.25, -0.2) is 4.98 Å². The molecule has 0 aliphatic heterocycles. The molecule has 0 bridgehead atoms. The summed E-state index contributed by atoms with van der Waals surface area (Å²) < 4.78 is 30.1. The molecule has 5 rings (SSSR count). The van der Waals surface area contributed by atoms with Crippen LogP contribution in [0.3, 0.4) is 0 Å². The number of nitrogens with zero attached hydrogens (tertiary/aromatic N) is 1. The zero-order valence-corrected chi connectivity index (χ0v) is 20.9. The molecule has 0 fully saturated rings. The average Bonchev–Trinajstić information content (AvgIpc) is 3.17. The van der Waals surface area contributed by atoms with Crippen molar-refractivity contribution >= 4 is 31.7 Å². The summed E-state index contributed by atoms with van der Waals surface area (Å²) in [5.41, 5.74) is 1.94. The summed E-state index contributed by atoms with van der Waals surface area (Å²) in [4.78, 5) is 22.8. The van der Waals surface area contributed by atoms with E-state index >= 15 is 0 Å². The van der Waals surface area contributed by atoms with E-state index in [1.165, 1.54) is 17.0 Å². The highest BCUT2D eigenvalue weighted by molar-refractivity contribution is 7.87. The lowest BCUT2D eigenvalue weighted by atomic mass is 9.72. The lowest BCUT2D eigenvalue weighted by Crippen LogP contribution is -2.26. The number of aromatic nitrogens is 2. The molecule has 34 heavy (non-hydrogen) atoms. The third-order valence-corrected chi connectivity index (χ3v) is 8.92. The van der Waals surface area contributed by atoms with Gasteiger partial charge in [0.25, 0.3) is 5.56 Å². The Morgan fingerprint density at radius 2 is 1.76 bits per heavy atom. The number of rotatable bonds is 4. The summed E-state index contributed by atoms with van der Waals surface area (Å²) in [7, 11) is -3.92. The highest BCUT2D eigenvalue weighted by Crippen LogP contribution is 2.42. The standard InChI is InChI=1S/C26H26N2O4S2/c1-26(2,3)17-11-14-20-21(15-17)33-25-22(20)24(29)27-23(28-25)16-9-12-18(13-10-16)32-34(30,31)19-7-5-4-6-8-19/h4-10,12-13,17H,11,14-15H2,1-3H3,(H,27,28,29). The summed E-state index contributed by atoms with van der Waals surface area (Å²) in [6, 6.07) is 14.5. The second-order valence-electron chi connectivity index (χ2n) is 9.78. The van der Waals surface area contributed by atoms with Crippen LogP contribution < -0.4 is 9.74 Å². The van der Waals surface area contributed by atoms with Crippen molar-refractivity contribution in [1.82, 2.24) is 9.97 Å². The first kappa shape index (κ1) is 22.8. The van der Waals surface area contributed by atoms with Crippen LogP contribution in [-0.2, 0) is 23.0 Å². The van der Waals surface area contributed by atoms with Crippen LogP contribution in [0.5, 0.6) is 5.75 Å². The zero-order chi connectivity index (χ0) is 24.1. The van der Waals surface area contributed by atoms with Crippen molar-refractivity contribution < 1.29 is 12.6 Å². The highest BCUT2D eigenvalue weighted by Gasteiger charge is 2.31. The Morgan fingerprint density at radius 1 is 1.06 bits per heavy atom. The molecule has 0 spiro atoms. The molecule has 2 aromatic heterocycles. The lowest BCUT2D eigenvalue weighted by Gasteiger charge is -2.33. The van der Waals surface area contributed by atoms with Gasteiger partial charge in [-0.15, -0.1) is 11.3 Å². The van der Waals surface area contributed by atoms with E-state index < -0.39 is 10.1 Å². The Kier molecular flexibility index (Phi) is 5.61. The molecule has 0 saturated heterocycles. The second kappa shape index (κ2) is 8.36. The number of aryl methyl sites for hydroxylation is 1. The number of thiophene rings is 1. The third-order valence-electron chi connectivity index (χ3n) is 6.51. The van der Waals surface area contributed by atoms with E-state index in [0.29, 0.717) is 22.7 Å². The van der Waals surface area contributed by atoms with E-state index in [4.69, 9.17) is 9.17 Å². The molecule has 1 atom stereocenters. The van der Waals surface area contributed by atoms with Gasteiger partial charge < -0.3 is 9.17 Å². The van der Waals surface area contributed by atoms with E-state index in [1.54, 1.807) is 53.8 Å². The maximum atomic E-state index is 13.0. The molecule has 1 aliphatic rings. The Balaban J connectivity index is 1.43. The van der Waals surface area contributed by atoms with Crippen molar-refractivity contribution in [1.29, 1.82) is 0 Å². The van der Waals surface area contributed by atoms with Crippen molar-refractivity contribution in [2.45, 2.75) is 44.9 Å². The summed E-state index contributed by atoms with van der Waals surface area (Å²) in [6.45, 7) is 6.83. The first-order chi connectivity index (χ1) is 16.1. The molecule has 2 heterocycles. The van der Waals surface area contributed by atoms with Crippen LogP contribution in [-0.4, -0.2) is 18.4 Å². The predicted octanol–water partition coefficient (Wildman–Crippen LogP) is 5.57. The van der Waals surface area contributed by atoms with Gasteiger partial charge in [0.2, 0.25) is 0 Å². The second-order valence-corrected chi connectivity index (χ2v) is 12.4. The number of aromatic amines is 1. The number of nitrogens with one attached hydrogen (secondary N) is 1. The summed E-state index contributed by atoms with van der Waals surface area (Å²) in [5.74, 6) is 1.24. The molecule has 0 amide bonds. The van der Waals surface area contributed by atoms with Crippen LogP contribution in [0.1, 0.15) is 37.6 Å². The number of hydrogen-bond donors (Lipinski definition) is 1. The fraction of sp³-hybridized carbons (Fsp3) is 0.308. The minimum Gasteiger partial charge on any atom is -0.379 e. The Bertz CT molecular complexity index is 1510. The van der Waals surface area contributed by atoms with E-state index in [1.807, 2.05) is 0 Å². The van der Waals surface area contributed by atoms with Crippen LogP contribution in [0, 0.1) is 11.3 Å². The molecule has 0 radical (unpaired) electrons. The predicted molar refractivity (Wildman–Crippen MR) is 135 cm³/mol. The van der Waals surface area contributed by atoms with Gasteiger partial charge in [-0.3, -0.25) is 4.79 Å². The van der Waals surface area contributed by atoms with Gasteiger partial charge in [-0.05, 0) is 72.6 Å². The number of hydrogen-bond acceptors (Lipinski definition) is 6. The van der Waals surface area contributed by atoms with E-state index in [9.17, 15) is 13.2 Å². The summed E-state index contributed by atoms with van der Waals surface area (Å²) >= 11 is 1.62. The molecule has 0 saturated carbocycles. The van der Waals surface area contributed by atoms with Crippen LogP contribution >= 0.6 is 11.3 Å². The molecule has 176 valence electrons. The van der Waals surface area contributed by atoms with E-state index in [2.05, 4.69) is 25.8 Å². The topological polar surface area (TPSA) is 89.1 Å². The van der Waals surface area contributed by atoms with Crippen LogP contribution in [0.25, 0.3) is 21.6 Å². The number of benzene rings is 2. The van der Waals surface area contributed by atoms with Gasteiger partial charge in [0, 0.05) is 10.4 Å². The van der Waals surface area contributed by atoms with Crippen molar-refractivity contribution in [2.24, 2.45) is 11.3 Å². The Morgan fingerprint density at radius 3 is 2.44 bits per heavy atom. The van der Waals surface area contributed by atoms with Gasteiger partial charge in [-0.2, -0.15) is 8.42 Å². The fourth-order valence-electron chi connectivity index (χ4n) is 4.49. The molecule has 4 aromatic rings. The lowest BCUT2D eigenvalue weighted by molar-refractivity contribution is 0.218. The van der Waals surface area contributed by atoms with Crippen molar-refractivity contribution in [3.63, 3.8) is 0 Å². The SMILES string of the molecule is CC(C)(C)C1CCc2c(sc3nc(-c4ccc(OS(=O)(=O)c5ccccc5)cc4)[nH]c(=O)c23)C1. The van der Waals surface area contributed by atoms with E-state index in [-0.39, 0.29) is 21.6 Å². The molecular weight excluding hydrogens is 468 g/mol. The Hall–Kier alpha value is -2.97. The normalized spacial score (nSPS) is 16.4. The minimum atomic E-state index is -3.92. The molecule has 1 N–H and O–H groups in total. The highest BCUT2D eigenvalue weighted by atomic mass is 32.2. The monoisotopic (exact) mass is 494 g/mol. The van der Waals surface area contributed by atoms with Gasteiger partial charge in [-0.1, -0.05) is 39.0 Å². The average molecular weight is 495 g/mol. The van der Waals surface area contributed by atoms with Crippen molar-refractivity contribution in [2.75, 3.05) is 0 Å². The van der Waals surface area contributed by atoms with Gasteiger partial charge in [0.15, 0.2) is 0 Å². The van der Waals surface area contributed by atoms with Crippen LogP contribution in [0.2, 0.25) is 0 Å². The molecule has 1 aliphatic carbocycles. The van der Waals surface area contributed by atoms with Crippen molar-refractivity contribution in [3.8, 4) is 17.1 Å². The fourth-order valence-corrected chi connectivity index (χ4v) is 6.74. The zero-order valence-electron chi connectivity index (χ0n) is 19.3. The molecule has 2 aromatic carbocycles. The van der Waals surface area contributed by atoms with Gasteiger partial charge in [0.1, 0.15) is 21.3 Å².